The highest BCUT2D eigenvalue weighted by Gasteiger charge is 2.39. The molecule has 0 unspecified atom stereocenters. The molecular weight excluding hydrogens is 397 g/mol. The Morgan fingerprint density at radius 2 is 1.73 bits per heavy atom. The number of hydrogen-bond acceptors (Lipinski definition) is 6. The van der Waals surface area contributed by atoms with Crippen LogP contribution in [0.15, 0.2) is 42.6 Å². The Kier molecular flexibility index (Phi) is 6.42. The molecule has 9 heteroatoms. The van der Waals surface area contributed by atoms with Gasteiger partial charge in [0.2, 0.25) is 5.88 Å². The molecule has 0 fully saturated rings. The van der Waals surface area contributed by atoms with Gasteiger partial charge in [-0.05, 0) is 37.7 Å². The average Bonchev–Trinajstić information content (AvgIpc) is 2.73. The van der Waals surface area contributed by atoms with Crippen LogP contribution in [0.2, 0.25) is 0 Å². The second-order valence-electron chi connectivity index (χ2n) is 6.70. The summed E-state index contributed by atoms with van der Waals surface area (Å²) in [6.45, 7) is 1.88. The highest BCUT2D eigenvalue weighted by Crippen LogP contribution is 2.35. The summed E-state index contributed by atoms with van der Waals surface area (Å²) in [5, 5.41) is 5.51. The molecule has 0 radical (unpaired) electrons. The van der Waals surface area contributed by atoms with Crippen LogP contribution in [0, 0.1) is 0 Å². The second-order valence-corrected chi connectivity index (χ2v) is 6.70. The maximum absolute atomic E-state index is 13.1. The van der Waals surface area contributed by atoms with Crippen molar-refractivity contribution in [2.75, 3.05) is 26.6 Å². The molecule has 2 aromatic heterocycles. The summed E-state index contributed by atoms with van der Waals surface area (Å²) in [5.41, 5.74) is 3.46. The van der Waals surface area contributed by atoms with E-state index in [1.807, 2.05) is 6.92 Å². The fourth-order valence-electron chi connectivity index (χ4n) is 3.24. The fourth-order valence-corrected chi connectivity index (χ4v) is 3.24. The molecular formula is C21H23F3N4O2. The molecule has 160 valence electrons. The minimum absolute atomic E-state index is 0.129. The number of methoxy groups -OCH3 is 2. The minimum atomic E-state index is -4.38. The van der Waals surface area contributed by atoms with Crippen molar-refractivity contribution in [1.82, 2.24) is 15.3 Å². The van der Waals surface area contributed by atoms with Crippen molar-refractivity contribution in [2.45, 2.75) is 25.2 Å². The van der Waals surface area contributed by atoms with Crippen LogP contribution in [0.4, 0.5) is 24.5 Å². The number of pyridine rings is 2. The topological polar surface area (TPSA) is 68.3 Å². The zero-order valence-corrected chi connectivity index (χ0v) is 17.0. The van der Waals surface area contributed by atoms with Gasteiger partial charge in [0.25, 0.3) is 0 Å². The third-order valence-electron chi connectivity index (χ3n) is 4.83. The number of fused-ring (bicyclic) bond motifs is 1. The number of benzene rings is 1. The van der Waals surface area contributed by atoms with Crippen molar-refractivity contribution in [1.29, 1.82) is 0 Å². The number of alkyl halides is 3. The quantitative estimate of drug-likeness (QED) is 0.566. The molecule has 1 aromatic carbocycles. The highest BCUT2D eigenvalue weighted by atomic mass is 19.4. The normalized spacial score (nSPS) is 13.8. The van der Waals surface area contributed by atoms with Crippen LogP contribution in [-0.4, -0.2) is 37.4 Å². The SMILES string of the molecule is CN[C@@H](c1ccc(Nc2cnc3ccc(OC)nc3c2[C@H](C)OC)cc1)C(F)(F)F. The van der Waals surface area contributed by atoms with Crippen LogP contribution in [-0.2, 0) is 4.74 Å². The number of nitrogens with zero attached hydrogens (tertiary/aromatic N) is 2. The van der Waals surface area contributed by atoms with Crippen LogP contribution < -0.4 is 15.4 Å². The van der Waals surface area contributed by atoms with Crippen molar-refractivity contribution in [3.63, 3.8) is 0 Å². The van der Waals surface area contributed by atoms with Gasteiger partial charge in [-0.3, -0.25) is 4.98 Å². The zero-order valence-electron chi connectivity index (χ0n) is 17.0. The minimum Gasteiger partial charge on any atom is -0.481 e. The Hall–Kier alpha value is -2.91. The standard InChI is InChI=1S/C21H23F3N4O2/c1-12(29-3)18-16(11-26-15-9-10-17(30-4)28-19(15)18)27-14-7-5-13(6-8-14)20(25-2)21(22,23)24/h5-12,20,25,27H,1-4H3/t12-,20-/m0/s1. The summed E-state index contributed by atoms with van der Waals surface area (Å²) in [7, 11) is 4.40. The number of rotatable bonds is 7. The first-order chi connectivity index (χ1) is 14.3. The molecule has 3 rings (SSSR count). The Bertz CT molecular complexity index is 1010. The first-order valence-electron chi connectivity index (χ1n) is 9.26. The molecule has 0 bridgehead atoms. The predicted octanol–water partition coefficient (Wildman–Crippen LogP) is 4.91. The molecule has 2 heterocycles. The third kappa shape index (κ3) is 4.47. The Balaban J connectivity index is 1.99. The molecule has 0 aliphatic carbocycles. The van der Waals surface area contributed by atoms with Crippen molar-refractivity contribution < 1.29 is 22.6 Å². The van der Waals surface area contributed by atoms with E-state index < -0.39 is 12.2 Å². The highest BCUT2D eigenvalue weighted by molar-refractivity contribution is 5.85. The van der Waals surface area contributed by atoms with Gasteiger partial charge in [0.15, 0.2) is 0 Å². The second kappa shape index (κ2) is 8.85. The molecule has 3 aromatic rings. The molecule has 0 saturated carbocycles. The lowest BCUT2D eigenvalue weighted by molar-refractivity contribution is -0.156. The van der Waals surface area contributed by atoms with E-state index in [4.69, 9.17) is 9.47 Å². The van der Waals surface area contributed by atoms with Crippen LogP contribution in [0.1, 0.15) is 30.2 Å². The zero-order chi connectivity index (χ0) is 21.9. The van der Waals surface area contributed by atoms with Crippen LogP contribution in [0.25, 0.3) is 11.0 Å². The number of ether oxygens (including phenoxy) is 2. The molecule has 2 N–H and O–H groups in total. The summed E-state index contributed by atoms with van der Waals surface area (Å²) < 4.78 is 50.1. The Morgan fingerprint density at radius 1 is 1.03 bits per heavy atom. The predicted molar refractivity (Wildman–Crippen MR) is 109 cm³/mol. The number of anilines is 2. The largest absolute Gasteiger partial charge is 0.481 e. The van der Waals surface area contributed by atoms with Gasteiger partial charge >= 0.3 is 6.18 Å². The summed E-state index contributed by atoms with van der Waals surface area (Å²) in [6, 6.07) is 7.86. The van der Waals surface area contributed by atoms with E-state index in [-0.39, 0.29) is 11.7 Å². The summed E-state index contributed by atoms with van der Waals surface area (Å²) >= 11 is 0. The lowest BCUT2D eigenvalue weighted by Crippen LogP contribution is -2.31. The van der Waals surface area contributed by atoms with Gasteiger partial charge in [0.05, 0.1) is 30.6 Å². The molecule has 2 atom stereocenters. The average molecular weight is 420 g/mol. The van der Waals surface area contributed by atoms with Gasteiger partial charge in [-0.2, -0.15) is 13.2 Å². The van der Waals surface area contributed by atoms with E-state index >= 15 is 0 Å². The molecule has 0 spiro atoms. The monoisotopic (exact) mass is 420 g/mol. The van der Waals surface area contributed by atoms with Gasteiger partial charge in [0.1, 0.15) is 11.6 Å². The number of halogens is 3. The molecule has 0 aliphatic heterocycles. The lowest BCUT2D eigenvalue weighted by atomic mass is 10.0. The Morgan fingerprint density at radius 3 is 2.30 bits per heavy atom. The molecule has 0 aliphatic rings. The van der Waals surface area contributed by atoms with Crippen molar-refractivity contribution in [2.24, 2.45) is 0 Å². The van der Waals surface area contributed by atoms with E-state index in [1.54, 1.807) is 37.6 Å². The van der Waals surface area contributed by atoms with Crippen LogP contribution in [0.3, 0.4) is 0 Å². The van der Waals surface area contributed by atoms with E-state index in [9.17, 15) is 13.2 Å². The molecule has 6 nitrogen and oxygen atoms in total. The van der Waals surface area contributed by atoms with E-state index in [0.717, 1.165) is 5.56 Å². The molecule has 0 amide bonds. The third-order valence-corrected chi connectivity index (χ3v) is 4.83. The lowest BCUT2D eigenvalue weighted by Gasteiger charge is -2.21. The van der Waals surface area contributed by atoms with Gasteiger partial charge in [0, 0.05) is 24.4 Å². The Labute approximate surface area is 172 Å². The van der Waals surface area contributed by atoms with E-state index in [0.29, 0.717) is 28.3 Å². The van der Waals surface area contributed by atoms with Crippen molar-refractivity contribution in [3.8, 4) is 5.88 Å². The van der Waals surface area contributed by atoms with E-state index in [2.05, 4.69) is 20.6 Å². The summed E-state index contributed by atoms with van der Waals surface area (Å²) in [4.78, 5) is 8.93. The van der Waals surface area contributed by atoms with Gasteiger partial charge in [-0.15, -0.1) is 0 Å². The maximum Gasteiger partial charge on any atom is 0.407 e. The number of hydrogen-bond donors (Lipinski definition) is 2. The molecule has 0 saturated heterocycles. The summed E-state index contributed by atoms with van der Waals surface area (Å²) in [6.07, 6.45) is -3.03. The maximum atomic E-state index is 13.1. The van der Waals surface area contributed by atoms with E-state index in [1.165, 1.54) is 26.3 Å². The number of nitrogens with one attached hydrogen (secondary N) is 2. The smallest absolute Gasteiger partial charge is 0.407 e. The summed E-state index contributed by atoms with van der Waals surface area (Å²) in [5.74, 6) is 0.445. The van der Waals surface area contributed by atoms with Gasteiger partial charge in [-0.1, -0.05) is 12.1 Å². The first kappa shape index (κ1) is 21.8. The van der Waals surface area contributed by atoms with Crippen molar-refractivity contribution in [3.05, 3.63) is 53.7 Å². The molecule has 30 heavy (non-hydrogen) atoms. The number of aromatic nitrogens is 2. The van der Waals surface area contributed by atoms with Crippen LogP contribution >= 0.6 is 0 Å². The van der Waals surface area contributed by atoms with Gasteiger partial charge in [-0.25, -0.2) is 4.98 Å². The van der Waals surface area contributed by atoms with Gasteiger partial charge < -0.3 is 20.1 Å². The fraction of sp³-hybridized carbons (Fsp3) is 0.333. The van der Waals surface area contributed by atoms with Crippen molar-refractivity contribution >= 4 is 22.4 Å². The van der Waals surface area contributed by atoms with Crippen LogP contribution in [0.5, 0.6) is 5.88 Å². The first-order valence-corrected chi connectivity index (χ1v) is 9.26.